The van der Waals surface area contributed by atoms with Gasteiger partial charge >= 0.3 is 11.9 Å². The molecule has 4 aromatic rings. The number of benzene rings is 3. The van der Waals surface area contributed by atoms with Crippen LogP contribution in [0, 0.1) is 0 Å². The minimum absolute atomic E-state index is 0.0470. The number of H-pyrrole nitrogens is 2. The summed E-state index contributed by atoms with van der Waals surface area (Å²) in [5, 5.41) is -0.370. The summed E-state index contributed by atoms with van der Waals surface area (Å²) < 4.78 is 72.3. The lowest BCUT2D eigenvalue weighted by Crippen LogP contribution is -2.15. The van der Waals surface area contributed by atoms with E-state index in [-0.39, 0.29) is 16.5 Å². The number of rotatable bonds is 5. The fourth-order valence-corrected chi connectivity index (χ4v) is 4.38. The van der Waals surface area contributed by atoms with Crippen LogP contribution in [0.5, 0.6) is 11.5 Å². The summed E-state index contributed by atoms with van der Waals surface area (Å²) in [6.07, 6.45) is -4.76. The molecule has 0 aliphatic rings. The number of sulfonamides is 1. The second-order valence-electron chi connectivity index (χ2n) is 6.67. The minimum Gasteiger partial charge on any atom is -0.455 e. The molecule has 1 aromatic heterocycles. The molecule has 166 valence electrons. The molecule has 0 fully saturated rings. The second kappa shape index (κ2) is 7.92. The SMILES string of the molecule is O=c1[nH]c2cccc(Oc3cccc(NS(=O)(=O)c4cc(Cl)cc(C(F)(F)F)c4)c3)c2[nH]1. The number of halogens is 4. The molecule has 3 aromatic carbocycles. The topological polar surface area (TPSA) is 104 Å². The van der Waals surface area contributed by atoms with Crippen molar-refractivity contribution in [3.8, 4) is 11.5 Å². The van der Waals surface area contributed by atoms with Crippen molar-refractivity contribution in [3.05, 3.63) is 81.7 Å². The number of imidazole rings is 1. The second-order valence-corrected chi connectivity index (χ2v) is 8.79. The molecular formula is C20H13ClF3N3O4S. The summed E-state index contributed by atoms with van der Waals surface area (Å²) in [6, 6.07) is 12.8. The van der Waals surface area contributed by atoms with Crippen LogP contribution in [0.1, 0.15) is 5.56 Å². The Balaban J connectivity index is 1.63. The highest BCUT2D eigenvalue weighted by Crippen LogP contribution is 2.34. The van der Waals surface area contributed by atoms with E-state index in [0.717, 1.165) is 6.07 Å². The Kier molecular flexibility index (Phi) is 5.39. The van der Waals surface area contributed by atoms with E-state index in [2.05, 4.69) is 14.7 Å². The normalized spacial score (nSPS) is 12.1. The molecule has 0 amide bonds. The van der Waals surface area contributed by atoms with Crippen LogP contribution in [0.4, 0.5) is 18.9 Å². The lowest BCUT2D eigenvalue weighted by Gasteiger charge is -2.13. The number of aromatic amines is 2. The molecule has 7 nitrogen and oxygen atoms in total. The third-order valence-corrected chi connectivity index (χ3v) is 5.91. The first kappa shape index (κ1) is 21.8. The molecule has 32 heavy (non-hydrogen) atoms. The number of anilines is 1. The molecular weight excluding hydrogens is 471 g/mol. The Morgan fingerprint density at radius 3 is 2.47 bits per heavy atom. The predicted octanol–water partition coefficient (Wildman–Crippen LogP) is 5.12. The van der Waals surface area contributed by atoms with Gasteiger partial charge in [-0.3, -0.25) is 4.72 Å². The van der Waals surface area contributed by atoms with Gasteiger partial charge in [0, 0.05) is 11.1 Å². The van der Waals surface area contributed by atoms with Gasteiger partial charge in [-0.2, -0.15) is 13.2 Å². The van der Waals surface area contributed by atoms with Gasteiger partial charge in [-0.25, -0.2) is 13.2 Å². The van der Waals surface area contributed by atoms with Crippen LogP contribution in [-0.4, -0.2) is 18.4 Å². The van der Waals surface area contributed by atoms with E-state index < -0.39 is 32.3 Å². The van der Waals surface area contributed by atoms with E-state index in [1.807, 2.05) is 0 Å². The lowest BCUT2D eigenvalue weighted by atomic mass is 10.2. The summed E-state index contributed by atoms with van der Waals surface area (Å²) in [4.78, 5) is 16.1. The van der Waals surface area contributed by atoms with Crippen molar-refractivity contribution in [1.82, 2.24) is 9.97 Å². The van der Waals surface area contributed by atoms with Gasteiger partial charge in [-0.15, -0.1) is 0 Å². The molecule has 0 radical (unpaired) electrons. The van der Waals surface area contributed by atoms with Gasteiger partial charge < -0.3 is 14.7 Å². The Morgan fingerprint density at radius 1 is 0.969 bits per heavy atom. The van der Waals surface area contributed by atoms with Crippen molar-refractivity contribution in [2.45, 2.75) is 11.1 Å². The molecule has 0 unspecified atom stereocenters. The van der Waals surface area contributed by atoms with E-state index in [1.54, 1.807) is 24.3 Å². The van der Waals surface area contributed by atoms with Crippen molar-refractivity contribution in [3.63, 3.8) is 0 Å². The minimum atomic E-state index is -4.76. The van der Waals surface area contributed by atoms with Crippen molar-refractivity contribution in [1.29, 1.82) is 0 Å². The summed E-state index contributed by atoms with van der Waals surface area (Å²) in [5.74, 6) is 0.535. The first-order valence-electron chi connectivity index (χ1n) is 8.91. The third-order valence-electron chi connectivity index (χ3n) is 4.34. The average Bonchev–Trinajstić information content (AvgIpc) is 3.08. The molecule has 1 heterocycles. The number of nitrogens with one attached hydrogen (secondary N) is 3. The molecule has 0 aliphatic carbocycles. The first-order chi connectivity index (χ1) is 15.0. The Labute approximate surface area is 183 Å². The maximum absolute atomic E-state index is 13.0. The van der Waals surface area contributed by atoms with Crippen molar-refractivity contribution in [2.75, 3.05) is 4.72 Å². The molecule has 0 bridgehead atoms. The smallest absolute Gasteiger partial charge is 0.416 e. The molecule has 0 saturated heterocycles. The molecule has 4 rings (SSSR count). The van der Waals surface area contributed by atoms with Gasteiger partial charge in [-0.1, -0.05) is 23.7 Å². The largest absolute Gasteiger partial charge is 0.455 e. The van der Waals surface area contributed by atoms with Crippen molar-refractivity contribution in [2.24, 2.45) is 0 Å². The molecule has 0 atom stereocenters. The molecule has 0 aliphatic heterocycles. The van der Waals surface area contributed by atoms with E-state index in [9.17, 15) is 26.4 Å². The highest BCUT2D eigenvalue weighted by atomic mass is 35.5. The van der Waals surface area contributed by atoms with E-state index in [1.165, 1.54) is 18.2 Å². The molecule has 0 saturated carbocycles. The monoisotopic (exact) mass is 483 g/mol. The number of aromatic nitrogens is 2. The number of ether oxygens (including phenoxy) is 1. The number of hydrogen-bond donors (Lipinski definition) is 3. The number of fused-ring (bicyclic) bond motifs is 1. The molecule has 3 N–H and O–H groups in total. The first-order valence-corrected chi connectivity index (χ1v) is 10.8. The Morgan fingerprint density at radius 2 is 1.72 bits per heavy atom. The van der Waals surface area contributed by atoms with Crippen LogP contribution in [0.3, 0.4) is 0 Å². The van der Waals surface area contributed by atoms with E-state index >= 15 is 0 Å². The summed E-state index contributed by atoms with van der Waals surface area (Å²) in [5.41, 5.74) is -0.619. The Hall–Kier alpha value is -3.44. The Bertz CT molecular complexity index is 1480. The standard InChI is InChI=1S/C20H13ClF3N3O4S/c21-12-7-11(20(22,23)24)8-15(9-12)32(29,30)27-13-3-1-4-14(10-13)31-17-6-2-5-16-18(17)26-19(28)25-16/h1-10,27H,(H2,25,26,28). The summed E-state index contributed by atoms with van der Waals surface area (Å²) in [6.45, 7) is 0. The van der Waals surface area contributed by atoms with Gasteiger partial charge in [0.15, 0.2) is 5.75 Å². The maximum Gasteiger partial charge on any atom is 0.416 e. The highest BCUT2D eigenvalue weighted by Gasteiger charge is 2.32. The fourth-order valence-electron chi connectivity index (χ4n) is 2.96. The predicted molar refractivity (Wildman–Crippen MR) is 113 cm³/mol. The van der Waals surface area contributed by atoms with Gasteiger partial charge in [0.25, 0.3) is 10.0 Å². The highest BCUT2D eigenvalue weighted by molar-refractivity contribution is 7.92. The fraction of sp³-hybridized carbons (Fsp3) is 0.0500. The zero-order valence-corrected chi connectivity index (χ0v) is 17.4. The van der Waals surface area contributed by atoms with E-state index in [0.29, 0.717) is 28.9 Å². The van der Waals surface area contributed by atoms with Crippen molar-refractivity contribution < 1.29 is 26.3 Å². The zero-order chi connectivity index (χ0) is 23.1. The van der Waals surface area contributed by atoms with Gasteiger partial charge in [-0.05, 0) is 42.5 Å². The van der Waals surface area contributed by atoms with Gasteiger partial charge in [0.1, 0.15) is 11.3 Å². The molecule has 0 spiro atoms. The third kappa shape index (κ3) is 4.58. The van der Waals surface area contributed by atoms with Crippen LogP contribution in [0.2, 0.25) is 5.02 Å². The number of hydrogen-bond acceptors (Lipinski definition) is 4. The summed E-state index contributed by atoms with van der Waals surface area (Å²) >= 11 is 5.69. The van der Waals surface area contributed by atoms with Crippen LogP contribution >= 0.6 is 11.6 Å². The van der Waals surface area contributed by atoms with Gasteiger partial charge in [0.05, 0.1) is 21.7 Å². The van der Waals surface area contributed by atoms with Crippen LogP contribution < -0.4 is 15.1 Å². The zero-order valence-electron chi connectivity index (χ0n) is 15.8. The number of para-hydroxylation sites is 1. The van der Waals surface area contributed by atoms with Crippen LogP contribution in [-0.2, 0) is 16.2 Å². The van der Waals surface area contributed by atoms with Crippen LogP contribution in [0.15, 0.2) is 70.4 Å². The quantitative estimate of drug-likeness (QED) is 0.366. The van der Waals surface area contributed by atoms with E-state index in [4.69, 9.17) is 16.3 Å². The lowest BCUT2D eigenvalue weighted by molar-refractivity contribution is -0.137. The maximum atomic E-state index is 13.0. The van der Waals surface area contributed by atoms with Crippen LogP contribution in [0.25, 0.3) is 11.0 Å². The summed E-state index contributed by atoms with van der Waals surface area (Å²) in [7, 11) is -4.38. The van der Waals surface area contributed by atoms with Gasteiger partial charge in [0.2, 0.25) is 0 Å². The number of alkyl halides is 3. The molecule has 12 heteroatoms. The average molecular weight is 484 g/mol. The van der Waals surface area contributed by atoms with Crippen molar-refractivity contribution >= 4 is 38.3 Å².